The van der Waals surface area contributed by atoms with Gasteiger partial charge in [-0.3, -0.25) is 24.8 Å². The number of nitro groups is 1. The number of nitrogens with zero attached hydrogens (tertiary/aromatic N) is 3. The molecule has 0 aromatic heterocycles. The molecule has 26 heavy (non-hydrogen) atoms. The number of rotatable bonds is 4. The zero-order chi connectivity index (χ0) is 18.7. The minimum absolute atomic E-state index is 0.0825. The normalized spacial score (nSPS) is 13.6. The van der Waals surface area contributed by atoms with Crippen molar-refractivity contribution in [3.63, 3.8) is 0 Å². The van der Waals surface area contributed by atoms with E-state index in [9.17, 15) is 19.3 Å². The first-order valence-electron chi connectivity index (χ1n) is 7.95. The van der Waals surface area contributed by atoms with Gasteiger partial charge in [-0.25, -0.2) is 4.39 Å². The van der Waals surface area contributed by atoms with Crippen molar-refractivity contribution in [1.82, 2.24) is 4.90 Å². The molecule has 0 atom stereocenters. The Kier molecular flexibility index (Phi) is 5.32. The van der Waals surface area contributed by atoms with Crippen molar-refractivity contribution in [1.29, 1.82) is 0 Å². The Labute approximate surface area is 153 Å². The highest BCUT2D eigenvalue weighted by molar-refractivity contribution is 8.13. The molecule has 1 aliphatic rings. The highest BCUT2D eigenvalue weighted by Gasteiger charge is 2.28. The van der Waals surface area contributed by atoms with Crippen molar-refractivity contribution in [2.24, 2.45) is 4.99 Å². The third kappa shape index (κ3) is 3.75. The van der Waals surface area contributed by atoms with Crippen LogP contribution in [-0.2, 0) is 5.75 Å². The molecule has 2 aromatic carbocycles. The first-order chi connectivity index (χ1) is 12.5. The summed E-state index contributed by atoms with van der Waals surface area (Å²) in [5.41, 5.74) is 1.34. The Morgan fingerprint density at radius 1 is 1.35 bits per heavy atom. The maximum atomic E-state index is 13.3. The smallest absolute Gasteiger partial charge is 0.273 e. The molecule has 1 amide bonds. The number of amidine groups is 1. The van der Waals surface area contributed by atoms with E-state index in [0.29, 0.717) is 35.1 Å². The number of hydrogen-bond donors (Lipinski definition) is 0. The fourth-order valence-electron chi connectivity index (χ4n) is 2.71. The summed E-state index contributed by atoms with van der Waals surface area (Å²) in [6, 6.07) is 10.7. The van der Waals surface area contributed by atoms with E-state index >= 15 is 0 Å². The number of hydrogen-bond acceptors (Lipinski definition) is 5. The van der Waals surface area contributed by atoms with Crippen LogP contribution >= 0.6 is 11.8 Å². The molecule has 0 N–H and O–H groups in total. The van der Waals surface area contributed by atoms with Crippen LogP contribution in [0.2, 0.25) is 0 Å². The summed E-state index contributed by atoms with van der Waals surface area (Å²) in [6.07, 6.45) is 0. The van der Waals surface area contributed by atoms with Crippen molar-refractivity contribution in [3.05, 3.63) is 75.1 Å². The van der Waals surface area contributed by atoms with Gasteiger partial charge in [0, 0.05) is 29.5 Å². The number of nitro benzene ring substituents is 1. The quantitative estimate of drug-likeness (QED) is 0.604. The van der Waals surface area contributed by atoms with Crippen LogP contribution in [0, 0.1) is 22.9 Å². The molecule has 134 valence electrons. The Hall–Kier alpha value is -2.74. The van der Waals surface area contributed by atoms with Gasteiger partial charge in [-0.1, -0.05) is 30.0 Å². The van der Waals surface area contributed by atoms with Gasteiger partial charge in [0.1, 0.15) is 5.82 Å². The number of carbonyl (C=O) groups excluding carboxylic acids is 1. The van der Waals surface area contributed by atoms with Gasteiger partial charge in [0.15, 0.2) is 5.17 Å². The van der Waals surface area contributed by atoms with Gasteiger partial charge >= 0.3 is 0 Å². The van der Waals surface area contributed by atoms with E-state index in [1.54, 1.807) is 19.1 Å². The zero-order valence-corrected chi connectivity index (χ0v) is 14.8. The molecule has 6 nitrogen and oxygen atoms in total. The van der Waals surface area contributed by atoms with Crippen LogP contribution in [0.4, 0.5) is 10.1 Å². The monoisotopic (exact) mass is 373 g/mol. The lowest BCUT2D eigenvalue weighted by Crippen LogP contribution is -2.33. The molecule has 8 heteroatoms. The molecule has 0 saturated heterocycles. The summed E-state index contributed by atoms with van der Waals surface area (Å²) in [4.78, 5) is 29.3. The number of carbonyl (C=O) groups is 1. The number of aliphatic imine (C=N–C) groups is 1. The molecule has 2 aromatic rings. The Morgan fingerprint density at radius 3 is 2.85 bits per heavy atom. The van der Waals surface area contributed by atoms with Crippen molar-refractivity contribution < 1.29 is 14.1 Å². The molecule has 0 aliphatic carbocycles. The van der Waals surface area contributed by atoms with Gasteiger partial charge in [-0.2, -0.15) is 0 Å². The molecule has 0 bridgehead atoms. The highest BCUT2D eigenvalue weighted by atomic mass is 32.2. The van der Waals surface area contributed by atoms with Crippen LogP contribution < -0.4 is 0 Å². The number of benzene rings is 2. The van der Waals surface area contributed by atoms with Crippen LogP contribution in [0.1, 0.15) is 21.5 Å². The fraction of sp³-hybridized carbons (Fsp3) is 0.222. The second-order valence-electron chi connectivity index (χ2n) is 5.75. The number of halogens is 1. The lowest BCUT2D eigenvalue weighted by molar-refractivity contribution is -0.385. The van der Waals surface area contributed by atoms with Gasteiger partial charge in [-0.05, 0) is 30.7 Å². The summed E-state index contributed by atoms with van der Waals surface area (Å²) in [7, 11) is 0. The molecule has 0 spiro atoms. The van der Waals surface area contributed by atoms with E-state index in [0.717, 1.165) is 5.56 Å². The lowest BCUT2D eigenvalue weighted by Gasteiger charge is -2.19. The third-order valence-corrected chi connectivity index (χ3v) is 5.12. The summed E-state index contributed by atoms with van der Waals surface area (Å²) in [5, 5.41) is 11.6. The molecule has 1 heterocycles. The van der Waals surface area contributed by atoms with Crippen molar-refractivity contribution in [2.75, 3.05) is 13.1 Å². The molecule has 0 saturated carbocycles. The van der Waals surface area contributed by atoms with Crippen LogP contribution in [0.3, 0.4) is 0 Å². The van der Waals surface area contributed by atoms with Crippen molar-refractivity contribution in [2.45, 2.75) is 12.7 Å². The molecule has 0 unspecified atom stereocenters. The van der Waals surface area contributed by atoms with Gasteiger partial charge in [0.25, 0.3) is 11.6 Å². The minimum atomic E-state index is -0.496. The van der Waals surface area contributed by atoms with Crippen molar-refractivity contribution >= 4 is 28.5 Å². The summed E-state index contributed by atoms with van der Waals surface area (Å²) in [6.45, 7) is 2.47. The number of amides is 1. The largest absolute Gasteiger partial charge is 0.286 e. The van der Waals surface area contributed by atoms with Crippen LogP contribution in [-0.4, -0.2) is 34.0 Å². The SMILES string of the molecule is Cc1c(C(=O)N2CCN=C2SCc2cccc(F)c2)cccc1[N+](=O)[O-]. The van der Waals surface area contributed by atoms with E-state index in [4.69, 9.17) is 0 Å². The predicted octanol–water partition coefficient (Wildman–Crippen LogP) is 3.79. The maximum absolute atomic E-state index is 13.3. The molecule has 0 radical (unpaired) electrons. The molecule has 1 aliphatic heterocycles. The predicted molar refractivity (Wildman–Crippen MR) is 98.9 cm³/mol. The zero-order valence-electron chi connectivity index (χ0n) is 14.0. The van der Waals surface area contributed by atoms with Gasteiger partial charge < -0.3 is 0 Å². The van der Waals surface area contributed by atoms with Crippen LogP contribution in [0.15, 0.2) is 47.5 Å². The second-order valence-corrected chi connectivity index (χ2v) is 6.69. The van der Waals surface area contributed by atoms with Gasteiger partial charge in [-0.15, -0.1) is 0 Å². The Bertz CT molecular complexity index is 901. The van der Waals surface area contributed by atoms with Gasteiger partial charge in [0.2, 0.25) is 0 Å². The van der Waals surface area contributed by atoms with Crippen LogP contribution in [0.5, 0.6) is 0 Å². The Morgan fingerprint density at radius 2 is 2.12 bits per heavy atom. The topological polar surface area (TPSA) is 75.8 Å². The van der Waals surface area contributed by atoms with E-state index in [-0.39, 0.29) is 17.4 Å². The van der Waals surface area contributed by atoms with Gasteiger partial charge in [0.05, 0.1) is 11.5 Å². The average molecular weight is 373 g/mol. The van der Waals surface area contributed by atoms with E-state index in [1.807, 2.05) is 6.07 Å². The first-order valence-corrected chi connectivity index (χ1v) is 8.93. The molecule has 3 rings (SSSR count). The maximum Gasteiger partial charge on any atom is 0.273 e. The fourth-order valence-corrected chi connectivity index (χ4v) is 3.70. The van der Waals surface area contributed by atoms with E-state index in [2.05, 4.69) is 4.99 Å². The lowest BCUT2D eigenvalue weighted by atomic mass is 10.1. The average Bonchev–Trinajstić information content (AvgIpc) is 3.08. The molecule has 0 fully saturated rings. The van der Waals surface area contributed by atoms with E-state index in [1.165, 1.54) is 40.9 Å². The van der Waals surface area contributed by atoms with Crippen molar-refractivity contribution in [3.8, 4) is 0 Å². The minimum Gasteiger partial charge on any atom is -0.286 e. The summed E-state index contributed by atoms with van der Waals surface area (Å²) < 4.78 is 13.3. The number of thioether (sulfide) groups is 1. The summed E-state index contributed by atoms with van der Waals surface area (Å²) in [5.74, 6) is -0.139. The first kappa shape index (κ1) is 18.1. The van der Waals surface area contributed by atoms with E-state index < -0.39 is 4.92 Å². The Balaban J connectivity index is 1.76. The third-order valence-electron chi connectivity index (χ3n) is 4.04. The molecular weight excluding hydrogens is 357 g/mol. The standard InChI is InChI=1S/C18H16FN3O3S/c1-12-15(6-3-7-16(12)22(24)25)17(23)21-9-8-20-18(21)26-11-13-4-2-5-14(19)10-13/h2-7,10H,8-9,11H2,1H3. The highest BCUT2D eigenvalue weighted by Crippen LogP contribution is 2.26. The second kappa shape index (κ2) is 7.65. The van der Waals surface area contributed by atoms with Crippen LogP contribution in [0.25, 0.3) is 0 Å². The molecular formula is C18H16FN3O3S. The summed E-state index contributed by atoms with van der Waals surface area (Å²) >= 11 is 1.35.